The van der Waals surface area contributed by atoms with Crippen LogP contribution in [0.2, 0.25) is 0 Å². The van der Waals surface area contributed by atoms with Crippen molar-refractivity contribution in [2.45, 2.75) is 88.1 Å². The van der Waals surface area contributed by atoms with Gasteiger partial charge in [-0.05, 0) is 76.5 Å². The van der Waals surface area contributed by atoms with E-state index in [1.807, 2.05) is 62.9 Å². The summed E-state index contributed by atoms with van der Waals surface area (Å²) in [4.78, 5) is 11.7. The van der Waals surface area contributed by atoms with E-state index in [2.05, 4.69) is 0 Å². The topological polar surface area (TPSA) is 76.0 Å². The van der Waals surface area contributed by atoms with Crippen LogP contribution in [0, 0.1) is 18.8 Å². The highest BCUT2D eigenvalue weighted by Gasteiger charge is 2.44. The Labute approximate surface area is 196 Å². The second kappa shape index (κ2) is 12.1. The van der Waals surface area contributed by atoms with Crippen molar-refractivity contribution in [2.75, 3.05) is 6.61 Å². The van der Waals surface area contributed by atoms with E-state index < -0.39 is 6.10 Å². The number of thioether (sulfide) groups is 1. The molecule has 1 saturated carbocycles. The van der Waals surface area contributed by atoms with Crippen LogP contribution in [0.5, 0.6) is 5.75 Å². The Balaban J connectivity index is 1.42. The quantitative estimate of drug-likeness (QED) is 0.389. The van der Waals surface area contributed by atoms with E-state index in [-0.39, 0.29) is 30.7 Å². The lowest BCUT2D eigenvalue weighted by atomic mass is 9.88. The number of hydrogen-bond acceptors (Lipinski definition) is 6. The summed E-state index contributed by atoms with van der Waals surface area (Å²) in [6.07, 6.45) is 8.03. The molecule has 178 valence electrons. The largest absolute Gasteiger partial charge is 0.491 e. The van der Waals surface area contributed by atoms with Crippen molar-refractivity contribution in [3.63, 3.8) is 0 Å². The maximum atomic E-state index is 11.7. The van der Waals surface area contributed by atoms with Gasteiger partial charge in [-0.2, -0.15) is 11.8 Å². The van der Waals surface area contributed by atoms with Crippen LogP contribution < -0.4 is 4.74 Å². The first kappa shape index (κ1) is 25.1. The summed E-state index contributed by atoms with van der Waals surface area (Å²) in [6, 6.07) is 7.78. The fourth-order valence-corrected chi connectivity index (χ4v) is 6.71. The number of esters is 1. The van der Waals surface area contributed by atoms with Gasteiger partial charge in [-0.15, -0.1) is 0 Å². The van der Waals surface area contributed by atoms with Crippen LogP contribution in [0.25, 0.3) is 0 Å². The Kier molecular flexibility index (Phi) is 9.50. The van der Waals surface area contributed by atoms with Crippen LogP contribution in [-0.4, -0.2) is 51.6 Å². The van der Waals surface area contributed by atoms with E-state index in [9.17, 15) is 15.0 Å². The molecule has 32 heavy (non-hydrogen) atoms. The van der Waals surface area contributed by atoms with Gasteiger partial charge in [0.25, 0.3) is 0 Å². The third-order valence-corrected chi connectivity index (χ3v) is 8.07. The molecule has 5 nitrogen and oxygen atoms in total. The van der Waals surface area contributed by atoms with Crippen LogP contribution in [-0.2, 0) is 9.53 Å². The number of rotatable bonds is 10. The predicted molar refractivity (Wildman–Crippen MR) is 129 cm³/mol. The van der Waals surface area contributed by atoms with E-state index >= 15 is 0 Å². The molecule has 2 N–H and O–H groups in total. The van der Waals surface area contributed by atoms with E-state index in [0.717, 1.165) is 43.4 Å². The first-order valence-corrected chi connectivity index (χ1v) is 12.8. The number of benzene rings is 1. The van der Waals surface area contributed by atoms with E-state index in [4.69, 9.17) is 9.47 Å². The summed E-state index contributed by atoms with van der Waals surface area (Å²) in [5.74, 6) is 1.18. The normalized spacial score (nSPS) is 28.6. The Morgan fingerprint density at radius 3 is 2.88 bits per heavy atom. The molecular weight excluding hydrogens is 424 g/mol. The SMILES string of the molecule is Cc1cccc(OC[C@H](O)C=C[C@@H]2[C@H]3CC[C@H](CCCC(=O)OC(C)C)S[C@H]3C[C@H]2O)c1. The van der Waals surface area contributed by atoms with Crippen molar-refractivity contribution in [3.05, 3.63) is 42.0 Å². The molecule has 0 radical (unpaired) electrons. The third-order valence-electron chi connectivity index (χ3n) is 6.32. The first-order chi connectivity index (χ1) is 15.3. The number of carbonyl (C=O) groups is 1. The Morgan fingerprint density at radius 1 is 1.31 bits per heavy atom. The number of aliphatic hydroxyl groups is 2. The zero-order valence-corrected chi connectivity index (χ0v) is 20.3. The average Bonchev–Trinajstić information content (AvgIpc) is 3.04. The van der Waals surface area contributed by atoms with Gasteiger partial charge in [0, 0.05) is 22.8 Å². The number of hydrogen-bond donors (Lipinski definition) is 2. The highest BCUT2D eigenvalue weighted by molar-refractivity contribution is 8.00. The summed E-state index contributed by atoms with van der Waals surface area (Å²) in [5, 5.41) is 22.0. The Morgan fingerprint density at radius 2 is 2.12 bits per heavy atom. The van der Waals surface area contributed by atoms with Crippen LogP contribution in [0.3, 0.4) is 0 Å². The summed E-state index contributed by atoms with van der Waals surface area (Å²) >= 11 is 1.99. The van der Waals surface area contributed by atoms with Gasteiger partial charge in [0.1, 0.15) is 18.5 Å². The van der Waals surface area contributed by atoms with Crippen LogP contribution in [0.4, 0.5) is 0 Å². The Bertz CT molecular complexity index is 764. The van der Waals surface area contributed by atoms with Gasteiger partial charge in [-0.1, -0.05) is 24.3 Å². The molecule has 1 aliphatic heterocycles. The molecule has 1 aromatic rings. The molecule has 0 amide bonds. The van der Waals surface area contributed by atoms with Gasteiger partial charge in [-0.25, -0.2) is 0 Å². The van der Waals surface area contributed by atoms with E-state index in [1.165, 1.54) is 0 Å². The lowest BCUT2D eigenvalue weighted by Gasteiger charge is -2.33. The van der Waals surface area contributed by atoms with Crippen molar-refractivity contribution in [1.29, 1.82) is 0 Å². The smallest absolute Gasteiger partial charge is 0.306 e. The molecule has 2 fully saturated rings. The number of carbonyl (C=O) groups excluding carboxylic acids is 1. The maximum absolute atomic E-state index is 11.7. The van der Waals surface area contributed by atoms with E-state index in [1.54, 1.807) is 6.08 Å². The number of fused-ring (bicyclic) bond motifs is 1. The van der Waals surface area contributed by atoms with Crippen LogP contribution >= 0.6 is 11.8 Å². The molecular formula is C26H38O5S. The maximum Gasteiger partial charge on any atom is 0.306 e. The molecule has 1 saturated heterocycles. The van der Waals surface area contributed by atoms with Gasteiger partial charge in [0.2, 0.25) is 0 Å². The monoisotopic (exact) mass is 462 g/mol. The number of ether oxygens (including phenoxy) is 2. The fraction of sp³-hybridized carbons (Fsp3) is 0.654. The van der Waals surface area contributed by atoms with Crippen LogP contribution in [0.1, 0.15) is 57.9 Å². The van der Waals surface area contributed by atoms with Gasteiger partial charge < -0.3 is 19.7 Å². The summed E-state index contributed by atoms with van der Waals surface area (Å²) in [5.41, 5.74) is 1.12. The minimum absolute atomic E-state index is 0.0510. The average molecular weight is 463 g/mol. The fourth-order valence-electron chi connectivity index (χ4n) is 4.81. The molecule has 1 aromatic carbocycles. The highest BCUT2D eigenvalue weighted by Crippen LogP contribution is 2.49. The highest BCUT2D eigenvalue weighted by atomic mass is 32.2. The second-order valence-electron chi connectivity index (χ2n) is 9.43. The molecule has 6 atom stereocenters. The lowest BCUT2D eigenvalue weighted by molar-refractivity contribution is -0.147. The molecule has 0 unspecified atom stereocenters. The molecule has 1 aliphatic carbocycles. The third kappa shape index (κ3) is 7.53. The van der Waals surface area contributed by atoms with Crippen LogP contribution in [0.15, 0.2) is 36.4 Å². The lowest BCUT2D eigenvalue weighted by Crippen LogP contribution is -2.27. The molecule has 6 heteroatoms. The van der Waals surface area contributed by atoms with Gasteiger partial charge in [0.05, 0.1) is 12.2 Å². The molecule has 3 rings (SSSR count). The molecule has 2 aliphatic rings. The number of aliphatic hydroxyl groups excluding tert-OH is 2. The van der Waals surface area contributed by atoms with Crippen molar-refractivity contribution in [2.24, 2.45) is 11.8 Å². The zero-order valence-electron chi connectivity index (χ0n) is 19.5. The summed E-state index contributed by atoms with van der Waals surface area (Å²) < 4.78 is 10.9. The van der Waals surface area contributed by atoms with E-state index in [0.29, 0.717) is 22.8 Å². The minimum Gasteiger partial charge on any atom is -0.491 e. The number of aryl methyl sites for hydroxylation is 1. The standard InChI is InChI=1S/C26H38O5S/c1-17(2)31-26(29)9-5-8-21-11-13-23-22(24(28)15-25(23)32-21)12-10-19(27)16-30-20-7-4-6-18(3)14-20/h4,6-7,10,12,14,17,19,21-25,27-28H,5,8-9,11,13,15-16H2,1-3H3/t19-,21+,22-,23-,24-,25+/m1/s1. The summed E-state index contributed by atoms with van der Waals surface area (Å²) in [6.45, 7) is 5.96. The molecule has 0 bridgehead atoms. The van der Waals surface area contributed by atoms with Gasteiger partial charge >= 0.3 is 5.97 Å². The molecule has 0 spiro atoms. The second-order valence-corrected chi connectivity index (χ2v) is 11.0. The Hall–Kier alpha value is -1.50. The van der Waals surface area contributed by atoms with Crippen molar-refractivity contribution < 1.29 is 24.5 Å². The van der Waals surface area contributed by atoms with Gasteiger partial charge in [0.15, 0.2) is 0 Å². The van der Waals surface area contributed by atoms with Gasteiger partial charge in [-0.3, -0.25) is 4.79 Å². The molecule has 1 heterocycles. The van der Waals surface area contributed by atoms with Crippen molar-refractivity contribution in [3.8, 4) is 5.75 Å². The summed E-state index contributed by atoms with van der Waals surface area (Å²) in [7, 11) is 0. The molecule has 0 aromatic heterocycles. The first-order valence-electron chi connectivity index (χ1n) is 11.9. The zero-order chi connectivity index (χ0) is 23.1. The predicted octanol–water partition coefficient (Wildman–Crippen LogP) is 4.67. The minimum atomic E-state index is -0.698. The van der Waals surface area contributed by atoms with Crippen molar-refractivity contribution in [1.82, 2.24) is 0 Å². The van der Waals surface area contributed by atoms with Crippen molar-refractivity contribution >= 4 is 17.7 Å².